The number of hydrogen-bond acceptors (Lipinski definition) is 12. The van der Waals surface area contributed by atoms with Crippen molar-refractivity contribution in [3.05, 3.63) is 55.6 Å². The predicted octanol–water partition coefficient (Wildman–Crippen LogP) is 6.54. The molecule has 0 aromatic carbocycles. The van der Waals surface area contributed by atoms with E-state index in [1.54, 1.807) is 19.2 Å². The van der Waals surface area contributed by atoms with Gasteiger partial charge in [-0.1, -0.05) is 35.1 Å². The molecule has 3 rings (SSSR count). The lowest BCUT2D eigenvalue weighted by atomic mass is 10.5. The van der Waals surface area contributed by atoms with E-state index in [-0.39, 0.29) is 39.2 Å². The van der Waals surface area contributed by atoms with Crippen LogP contribution >= 0.6 is 78.3 Å². The molecule has 0 fully saturated rings. The van der Waals surface area contributed by atoms with Gasteiger partial charge in [-0.2, -0.15) is 0 Å². The molecule has 1 N–H and O–H groups in total. The Kier molecular flexibility index (Phi) is 18.7. The first-order chi connectivity index (χ1) is 19.4. The Morgan fingerprint density at radius 1 is 0.927 bits per heavy atom. The molecule has 0 radical (unpaired) electrons. The van der Waals surface area contributed by atoms with Crippen molar-refractivity contribution < 1.29 is 42.5 Å². The van der Waals surface area contributed by atoms with E-state index in [0.29, 0.717) is 27.7 Å². The van der Waals surface area contributed by atoms with Crippen molar-refractivity contribution >= 4 is 96.2 Å². The van der Waals surface area contributed by atoms with Gasteiger partial charge in [0.2, 0.25) is 5.88 Å². The van der Waals surface area contributed by atoms with E-state index in [9.17, 15) is 23.2 Å². The molecule has 10 nitrogen and oxygen atoms in total. The molecule has 0 amide bonds. The number of carbonyl (C=O) groups is 3. The number of ether oxygens (including phenoxy) is 3. The fraction of sp³-hybridized carbons (Fsp3) is 0.304. The van der Waals surface area contributed by atoms with Gasteiger partial charge in [-0.3, -0.25) is 9.59 Å². The summed E-state index contributed by atoms with van der Waals surface area (Å²) in [7, 11) is 0. The Bertz CT molecular complexity index is 1230. The maximum absolute atomic E-state index is 12.8. The van der Waals surface area contributed by atoms with Gasteiger partial charge in [-0.15, -0.1) is 11.3 Å². The number of thioether (sulfide) groups is 2. The smallest absolute Gasteiger partial charge is 0.344 e. The molecule has 0 aliphatic rings. The molecule has 0 saturated carbocycles. The van der Waals surface area contributed by atoms with Crippen molar-refractivity contribution in [1.29, 1.82) is 0 Å². The molecule has 224 valence electrons. The molecule has 3 heterocycles. The maximum atomic E-state index is 12.8. The van der Waals surface area contributed by atoms with Crippen LogP contribution in [0.3, 0.4) is 0 Å². The highest BCUT2D eigenvalue weighted by atomic mass is 79.9. The number of carboxylic acid groups (broad SMARTS) is 1. The first kappa shape index (κ1) is 37.0. The van der Waals surface area contributed by atoms with Gasteiger partial charge < -0.3 is 19.3 Å². The third-order valence-corrected chi connectivity index (χ3v) is 7.96. The van der Waals surface area contributed by atoms with Gasteiger partial charge in [0.25, 0.3) is 0 Å². The molecular formula is C23H22Br2ClF2N3O7S3. The van der Waals surface area contributed by atoms with Crippen LogP contribution in [-0.2, 0) is 23.9 Å². The summed E-state index contributed by atoms with van der Waals surface area (Å²) in [5, 5.41) is 11.0. The van der Waals surface area contributed by atoms with Crippen LogP contribution in [0, 0.1) is 11.6 Å². The lowest BCUT2D eigenvalue weighted by molar-refractivity contribution is -0.145. The summed E-state index contributed by atoms with van der Waals surface area (Å²) in [5.41, 5.74) is 0. The van der Waals surface area contributed by atoms with E-state index in [4.69, 9.17) is 26.2 Å². The summed E-state index contributed by atoms with van der Waals surface area (Å²) in [5.74, 6) is -2.17. The maximum Gasteiger partial charge on any atom is 0.344 e. The SMILES string of the molecule is CCOC(=O)COc1ccc(F)c(Br)n1.CCOC(=O)CSc1ccc(F)c(Br)n1.O=C(O)CSc1nc(Cl)cs1. The van der Waals surface area contributed by atoms with Crippen molar-refractivity contribution in [2.45, 2.75) is 23.2 Å². The molecule has 0 unspecified atom stereocenters. The second-order valence-electron chi connectivity index (χ2n) is 6.65. The van der Waals surface area contributed by atoms with Crippen LogP contribution in [0.2, 0.25) is 5.15 Å². The average molecular weight is 782 g/mol. The van der Waals surface area contributed by atoms with E-state index < -0.39 is 23.6 Å². The van der Waals surface area contributed by atoms with Crippen LogP contribution in [-0.4, -0.2) is 69.3 Å². The molecule has 0 atom stereocenters. The Morgan fingerprint density at radius 3 is 2.07 bits per heavy atom. The fourth-order valence-corrected chi connectivity index (χ4v) is 5.20. The van der Waals surface area contributed by atoms with Crippen molar-refractivity contribution in [3.63, 3.8) is 0 Å². The topological polar surface area (TPSA) is 138 Å². The minimum absolute atomic E-state index is 0.0316. The molecule has 18 heteroatoms. The summed E-state index contributed by atoms with van der Waals surface area (Å²) >= 11 is 15.1. The van der Waals surface area contributed by atoms with E-state index in [0.717, 1.165) is 0 Å². The van der Waals surface area contributed by atoms with Crippen LogP contribution in [0.5, 0.6) is 5.88 Å². The van der Waals surface area contributed by atoms with Crippen molar-refractivity contribution in [1.82, 2.24) is 15.0 Å². The number of nitrogens with zero attached hydrogens (tertiary/aromatic N) is 3. The number of carboxylic acids is 1. The Morgan fingerprint density at radius 2 is 1.54 bits per heavy atom. The van der Waals surface area contributed by atoms with Crippen molar-refractivity contribution in [2.24, 2.45) is 0 Å². The van der Waals surface area contributed by atoms with Crippen LogP contribution < -0.4 is 4.74 Å². The van der Waals surface area contributed by atoms with Gasteiger partial charge in [-0.05, 0) is 63.9 Å². The van der Waals surface area contributed by atoms with Gasteiger partial charge in [0.1, 0.15) is 14.4 Å². The van der Waals surface area contributed by atoms with E-state index >= 15 is 0 Å². The monoisotopic (exact) mass is 779 g/mol. The molecule has 3 aromatic heterocycles. The predicted molar refractivity (Wildman–Crippen MR) is 159 cm³/mol. The van der Waals surface area contributed by atoms with Gasteiger partial charge >= 0.3 is 17.9 Å². The normalized spacial score (nSPS) is 9.93. The number of aliphatic carboxylic acids is 1. The second-order valence-corrected chi connectivity index (χ2v) is 11.6. The zero-order valence-corrected chi connectivity index (χ0v) is 27.7. The summed E-state index contributed by atoms with van der Waals surface area (Å²) in [6.07, 6.45) is 0. The number of aromatic nitrogens is 3. The molecule has 3 aromatic rings. The van der Waals surface area contributed by atoms with E-state index in [1.807, 2.05) is 0 Å². The number of halogens is 5. The van der Waals surface area contributed by atoms with Gasteiger partial charge in [0, 0.05) is 11.4 Å². The number of carbonyl (C=O) groups excluding carboxylic acids is 2. The fourth-order valence-electron chi connectivity index (χ4n) is 2.06. The Balaban J connectivity index is 0.000000312. The van der Waals surface area contributed by atoms with Crippen LogP contribution in [0.1, 0.15) is 13.8 Å². The molecular weight excluding hydrogens is 760 g/mol. The standard InChI is InChI=1S/C9H9BrFNO3.C9H9BrFNO2S.C5H4ClNO2S2/c2*1-2-14-8(13)5-15-7-4-3-6(11)9(10)12-7;6-3-1-10-5(7-3)11-2-4(8)9/h2*3-4H,2,5H2,1H3;1H,2H2,(H,8,9). The zero-order chi connectivity index (χ0) is 30.8. The summed E-state index contributed by atoms with van der Waals surface area (Å²) in [6.45, 7) is 3.86. The summed E-state index contributed by atoms with van der Waals surface area (Å²) in [6, 6.07) is 5.34. The quantitative estimate of drug-likeness (QED) is 0.129. The highest BCUT2D eigenvalue weighted by Crippen LogP contribution is 2.24. The third kappa shape index (κ3) is 16.9. The van der Waals surface area contributed by atoms with Gasteiger partial charge in [0.15, 0.2) is 22.6 Å². The number of hydrogen-bond donors (Lipinski definition) is 1. The summed E-state index contributed by atoms with van der Waals surface area (Å²) < 4.78 is 40.8. The first-order valence-electron chi connectivity index (χ1n) is 11.1. The second kappa shape index (κ2) is 20.8. The molecule has 0 spiro atoms. The largest absolute Gasteiger partial charge is 0.481 e. The van der Waals surface area contributed by atoms with Crippen molar-refractivity contribution in [3.8, 4) is 5.88 Å². The molecule has 41 heavy (non-hydrogen) atoms. The third-order valence-electron chi connectivity index (χ3n) is 3.62. The Labute approximate surface area is 268 Å². The summed E-state index contributed by atoms with van der Waals surface area (Å²) in [4.78, 5) is 43.5. The lowest BCUT2D eigenvalue weighted by Crippen LogP contribution is -2.15. The zero-order valence-electron chi connectivity index (χ0n) is 21.3. The van der Waals surface area contributed by atoms with Crippen LogP contribution in [0.25, 0.3) is 0 Å². The highest BCUT2D eigenvalue weighted by molar-refractivity contribution is 9.10. The lowest BCUT2D eigenvalue weighted by Gasteiger charge is -2.04. The number of rotatable bonds is 11. The van der Waals surface area contributed by atoms with Gasteiger partial charge in [0.05, 0.1) is 29.7 Å². The number of thiazole rings is 1. The van der Waals surface area contributed by atoms with Gasteiger partial charge in [-0.25, -0.2) is 28.5 Å². The van der Waals surface area contributed by atoms with E-state index in [2.05, 4.69) is 51.5 Å². The minimum atomic E-state index is -0.846. The first-order valence-corrected chi connectivity index (χ1v) is 15.9. The van der Waals surface area contributed by atoms with E-state index in [1.165, 1.54) is 59.1 Å². The number of pyridine rings is 2. The Hall–Kier alpha value is -2.05. The number of esters is 2. The highest BCUT2D eigenvalue weighted by Gasteiger charge is 2.08. The van der Waals surface area contributed by atoms with Crippen molar-refractivity contribution in [2.75, 3.05) is 31.3 Å². The van der Waals surface area contributed by atoms with Crippen LogP contribution in [0.15, 0.2) is 48.2 Å². The molecule has 0 aliphatic carbocycles. The molecule has 0 aliphatic heterocycles. The molecule has 0 bridgehead atoms. The molecule has 0 saturated heterocycles. The van der Waals surface area contributed by atoms with Crippen LogP contribution in [0.4, 0.5) is 8.78 Å². The average Bonchev–Trinajstić information content (AvgIpc) is 3.35. The minimum Gasteiger partial charge on any atom is -0.481 e.